The van der Waals surface area contributed by atoms with Gasteiger partial charge in [-0.25, -0.2) is 0 Å². The van der Waals surface area contributed by atoms with Gasteiger partial charge in [-0.2, -0.15) is 10.4 Å². The predicted octanol–water partition coefficient (Wildman–Crippen LogP) is 0.762. The molecule has 0 radical (unpaired) electrons. The van der Waals surface area contributed by atoms with E-state index in [9.17, 15) is 4.79 Å². The van der Waals surface area contributed by atoms with Crippen molar-refractivity contribution in [1.82, 2.24) is 15.1 Å². The Labute approximate surface area is 103 Å². The number of hydrogen-bond donors (Lipinski definition) is 2. The molecule has 0 saturated carbocycles. The molecular formula is C10H11N5OS. The van der Waals surface area contributed by atoms with Crippen molar-refractivity contribution in [3.8, 4) is 6.07 Å². The molecule has 2 rings (SSSR count). The monoisotopic (exact) mass is 249 g/mol. The Bertz CT molecular complexity index is 487. The highest BCUT2D eigenvalue weighted by Gasteiger charge is 2.25. The number of nitrogens with one attached hydrogen (secondary N) is 2. The minimum atomic E-state index is 0.0271. The van der Waals surface area contributed by atoms with E-state index in [-0.39, 0.29) is 5.91 Å². The smallest absolute Gasteiger partial charge is 0.237 e. The molecule has 0 aliphatic carbocycles. The zero-order valence-electron chi connectivity index (χ0n) is 9.23. The molecule has 2 N–H and O–H groups in total. The molecule has 1 saturated heterocycles. The first-order chi connectivity index (χ1) is 8.22. The number of H-pyrrole nitrogens is 1. The number of rotatable bonds is 3. The fourth-order valence-corrected chi connectivity index (χ4v) is 2.47. The maximum absolute atomic E-state index is 11.4. The quantitative estimate of drug-likeness (QED) is 0.773. The molecule has 1 fully saturated rings. The van der Waals surface area contributed by atoms with Gasteiger partial charge in [0, 0.05) is 7.05 Å². The lowest BCUT2D eigenvalue weighted by atomic mass is 10.3. The Kier molecular flexibility index (Phi) is 3.35. The molecule has 2 heterocycles. The van der Waals surface area contributed by atoms with Gasteiger partial charge >= 0.3 is 0 Å². The molecule has 1 aliphatic rings. The summed E-state index contributed by atoms with van der Waals surface area (Å²) in [7, 11) is 1.69. The minimum Gasteiger partial charge on any atom is -0.366 e. The zero-order valence-corrected chi connectivity index (χ0v) is 10.0. The molecule has 1 aromatic heterocycles. The number of carbonyl (C=O) groups excluding carboxylic acids is 1. The van der Waals surface area contributed by atoms with Gasteiger partial charge in [0.15, 0.2) is 0 Å². The number of nitrogens with zero attached hydrogens (tertiary/aromatic N) is 3. The van der Waals surface area contributed by atoms with E-state index in [1.807, 2.05) is 0 Å². The lowest BCUT2D eigenvalue weighted by Crippen LogP contribution is -2.21. The van der Waals surface area contributed by atoms with Gasteiger partial charge in [0.25, 0.3) is 0 Å². The number of hydrogen-bond acceptors (Lipinski definition) is 5. The molecule has 0 bridgehead atoms. The van der Waals surface area contributed by atoms with Gasteiger partial charge in [-0.3, -0.25) is 9.89 Å². The number of anilines is 1. The topological polar surface area (TPSA) is 84.8 Å². The first-order valence-electron chi connectivity index (χ1n) is 4.98. The van der Waals surface area contributed by atoms with Crippen LogP contribution < -0.4 is 5.32 Å². The predicted molar refractivity (Wildman–Crippen MR) is 64.9 cm³/mol. The van der Waals surface area contributed by atoms with Crippen LogP contribution in [0.2, 0.25) is 0 Å². The molecular weight excluding hydrogens is 238 g/mol. The second-order valence-electron chi connectivity index (χ2n) is 3.46. The molecule has 7 heteroatoms. The number of thioether (sulfide) groups is 1. The number of aromatic amines is 1. The summed E-state index contributed by atoms with van der Waals surface area (Å²) in [5, 5.41) is 19.4. The summed E-state index contributed by atoms with van der Waals surface area (Å²) >= 11 is 1.40. The highest BCUT2D eigenvalue weighted by atomic mass is 32.2. The van der Waals surface area contributed by atoms with Crippen molar-refractivity contribution in [2.24, 2.45) is 0 Å². The van der Waals surface area contributed by atoms with Crippen molar-refractivity contribution in [2.75, 3.05) is 24.7 Å². The fraction of sp³-hybridized carbons (Fsp3) is 0.300. The first-order valence-corrected chi connectivity index (χ1v) is 5.97. The maximum atomic E-state index is 11.4. The molecule has 0 unspecified atom stereocenters. The SMILES string of the molecule is CN1C(=O)CS/C1=C(/C#N)CNc1ccn[nH]1. The van der Waals surface area contributed by atoms with Crippen molar-refractivity contribution in [3.63, 3.8) is 0 Å². The molecule has 1 amide bonds. The first kappa shape index (κ1) is 11.5. The van der Waals surface area contributed by atoms with Crippen molar-refractivity contribution in [3.05, 3.63) is 22.9 Å². The van der Waals surface area contributed by atoms with Crippen LogP contribution in [-0.2, 0) is 4.79 Å². The number of carbonyl (C=O) groups is 1. The average Bonchev–Trinajstić information content (AvgIpc) is 2.94. The third-order valence-electron chi connectivity index (χ3n) is 2.36. The molecule has 0 spiro atoms. The Morgan fingerprint density at radius 1 is 1.82 bits per heavy atom. The minimum absolute atomic E-state index is 0.0271. The molecule has 1 aromatic rings. The van der Waals surface area contributed by atoms with Gasteiger partial charge in [0.1, 0.15) is 5.82 Å². The van der Waals surface area contributed by atoms with Gasteiger partial charge in [0.2, 0.25) is 5.91 Å². The lowest BCUT2D eigenvalue weighted by molar-refractivity contribution is -0.124. The fourth-order valence-electron chi connectivity index (χ4n) is 1.43. The standard InChI is InChI=1S/C10H11N5OS/c1-15-9(16)6-17-10(15)7(4-11)5-12-8-2-3-13-14-8/h2-3H,5-6H2,1H3,(H2,12,13,14)/b10-7-. The van der Waals surface area contributed by atoms with Crippen LogP contribution in [-0.4, -0.2) is 40.3 Å². The van der Waals surface area contributed by atoms with Crippen LogP contribution in [0, 0.1) is 11.3 Å². The summed E-state index contributed by atoms with van der Waals surface area (Å²) < 4.78 is 0. The Balaban J connectivity index is 2.09. The molecule has 0 atom stereocenters. The van der Waals surface area contributed by atoms with E-state index in [4.69, 9.17) is 5.26 Å². The van der Waals surface area contributed by atoms with Gasteiger partial charge in [0.05, 0.1) is 35.2 Å². The summed E-state index contributed by atoms with van der Waals surface area (Å²) in [5.74, 6) is 1.18. The van der Waals surface area contributed by atoms with Crippen LogP contribution in [0.25, 0.3) is 0 Å². The van der Waals surface area contributed by atoms with Crippen LogP contribution in [0.4, 0.5) is 5.82 Å². The summed E-state index contributed by atoms with van der Waals surface area (Å²) in [6.45, 7) is 0.374. The third kappa shape index (κ3) is 2.42. The lowest BCUT2D eigenvalue weighted by Gasteiger charge is -2.12. The van der Waals surface area contributed by atoms with E-state index in [2.05, 4.69) is 21.6 Å². The van der Waals surface area contributed by atoms with Gasteiger partial charge < -0.3 is 10.2 Å². The summed E-state index contributed by atoms with van der Waals surface area (Å²) in [6.07, 6.45) is 1.63. The second kappa shape index (κ2) is 4.93. The van der Waals surface area contributed by atoms with E-state index >= 15 is 0 Å². The second-order valence-corrected chi connectivity index (χ2v) is 4.42. The summed E-state index contributed by atoms with van der Waals surface area (Å²) in [5.41, 5.74) is 0.554. The maximum Gasteiger partial charge on any atom is 0.237 e. The highest BCUT2D eigenvalue weighted by Crippen LogP contribution is 2.29. The van der Waals surface area contributed by atoms with Crippen LogP contribution in [0.1, 0.15) is 0 Å². The van der Waals surface area contributed by atoms with E-state index in [0.29, 0.717) is 17.9 Å². The van der Waals surface area contributed by atoms with Crippen LogP contribution >= 0.6 is 11.8 Å². The largest absolute Gasteiger partial charge is 0.366 e. The van der Waals surface area contributed by atoms with Gasteiger partial charge in [-0.15, -0.1) is 0 Å². The van der Waals surface area contributed by atoms with Crippen molar-refractivity contribution >= 4 is 23.5 Å². The number of nitriles is 1. The van der Waals surface area contributed by atoms with Crippen molar-refractivity contribution in [2.45, 2.75) is 0 Å². The van der Waals surface area contributed by atoms with E-state index in [1.54, 1.807) is 19.3 Å². The molecule has 88 valence electrons. The van der Waals surface area contributed by atoms with Gasteiger partial charge in [-0.1, -0.05) is 11.8 Å². The van der Waals surface area contributed by atoms with Crippen LogP contribution in [0.15, 0.2) is 22.9 Å². The van der Waals surface area contributed by atoms with E-state index < -0.39 is 0 Å². The normalized spacial score (nSPS) is 18.1. The van der Waals surface area contributed by atoms with E-state index in [1.165, 1.54) is 16.7 Å². The Morgan fingerprint density at radius 3 is 3.18 bits per heavy atom. The number of aromatic nitrogens is 2. The Hall–Kier alpha value is -1.94. The number of amides is 1. The summed E-state index contributed by atoms with van der Waals surface area (Å²) in [4.78, 5) is 12.9. The average molecular weight is 249 g/mol. The third-order valence-corrected chi connectivity index (χ3v) is 3.55. The Morgan fingerprint density at radius 2 is 2.65 bits per heavy atom. The highest BCUT2D eigenvalue weighted by molar-refractivity contribution is 8.04. The van der Waals surface area contributed by atoms with Crippen molar-refractivity contribution in [1.29, 1.82) is 5.26 Å². The molecule has 6 nitrogen and oxygen atoms in total. The van der Waals surface area contributed by atoms with Crippen LogP contribution in [0.3, 0.4) is 0 Å². The zero-order chi connectivity index (χ0) is 12.3. The molecule has 1 aliphatic heterocycles. The summed E-state index contributed by atoms with van der Waals surface area (Å²) in [6, 6.07) is 3.90. The van der Waals surface area contributed by atoms with Gasteiger partial charge in [-0.05, 0) is 6.07 Å². The van der Waals surface area contributed by atoms with E-state index in [0.717, 1.165) is 10.8 Å². The van der Waals surface area contributed by atoms with Crippen molar-refractivity contribution < 1.29 is 4.79 Å². The molecule has 17 heavy (non-hydrogen) atoms. The van der Waals surface area contributed by atoms with Crippen LogP contribution in [0.5, 0.6) is 0 Å². The molecule has 0 aromatic carbocycles.